The number of nitrogens with two attached hydrogens (primary N) is 2. The Kier molecular flexibility index (Phi) is 3.83. The lowest BCUT2D eigenvalue weighted by atomic mass is 9.97. The zero-order chi connectivity index (χ0) is 14.9. The number of nitrogen functional groups attached to an aromatic ring is 1. The molecule has 2 rings (SSSR count). The summed E-state index contributed by atoms with van der Waals surface area (Å²) in [6.07, 6.45) is 0.950. The van der Waals surface area contributed by atoms with Crippen LogP contribution in [-0.2, 0) is 16.4 Å². The van der Waals surface area contributed by atoms with Gasteiger partial charge in [-0.25, -0.2) is 13.6 Å². The van der Waals surface area contributed by atoms with Crippen LogP contribution >= 0.6 is 0 Å². The molecule has 5 heteroatoms. The SMILES string of the molecule is CCc1ccc(-c2c(N)ccc(S(N)(=O)=O)c2C)cc1. The third-order valence-electron chi connectivity index (χ3n) is 3.40. The van der Waals surface area contributed by atoms with Gasteiger partial charge in [0, 0.05) is 11.3 Å². The minimum atomic E-state index is -3.75. The van der Waals surface area contributed by atoms with Crippen molar-refractivity contribution in [1.82, 2.24) is 0 Å². The molecule has 2 aromatic rings. The average Bonchev–Trinajstić information content (AvgIpc) is 2.38. The topological polar surface area (TPSA) is 86.2 Å². The van der Waals surface area contributed by atoms with Crippen molar-refractivity contribution in [3.63, 3.8) is 0 Å². The molecule has 2 aromatic carbocycles. The van der Waals surface area contributed by atoms with E-state index in [1.54, 1.807) is 13.0 Å². The van der Waals surface area contributed by atoms with Crippen molar-refractivity contribution < 1.29 is 8.42 Å². The van der Waals surface area contributed by atoms with Crippen LogP contribution in [0.2, 0.25) is 0 Å². The quantitative estimate of drug-likeness (QED) is 0.851. The molecule has 0 saturated carbocycles. The molecule has 20 heavy (non-hydrogen) atoms. The lowest BCUT2D eigenvalue weighted by Gasteiger charge is -2.13. The molecule has 0 spiro atoms. The van der Waals surface area contributed by atoms with Crippen molar-refractivity contribution in [2.24, 2.45) is 5.14 Å². The summed E-state index contributed by atoms with van der Waals surface area (Å²) in [6.45, 7) is 3.80. The number of hydrogen-bond donors (Lipinski definition) is 2. The van der Waals surface area contributed by atoms with Crippen LogP contribution in [0.1, 0.15) is 18.1 Å². The minimum Gasteiger partial charge on any atom is -0.398 e. The fourth-order valence-corrected chi connectivity index (χ4v) is 3.10. The maximum absolute atomic E-state index is 11.6. The maximum Gasteiger partial charge on any atom is 0.238 e. The Bertz CT molecular complexity index is 735. The first kappa shape index (κ1) is 14.6. The van der Waals surface area contributed by atoms with Crippen LogP contribution in [-0.4, -0.2) is 8.42 Å². The Balaban J connectivity index is 2.66. The summed E-state index contributed by atoms with van der Waals surface area (Å²) in [6, 6.07) is 10.9. The largest absolute Gasteiger partial charge is 0.398 e. The van der Waals surface area contributed by atoms with E-state index in [0.29, 0.717) is 11.3 Å². The zero-order valence-electron chi connectivity index (χ0n) is 11.6. The smallest absolute Gasteiger partial charge is 0.238 e. The fraction of sp³-hybridized carbons (Fsp3) is 0.200. The number of rotatable bonds is 3. The summed E-state index contributed by atoms with van der Waals surface area (Å²) < 4.78 is 23.2. The molecule has 0 saturated heterocycles. The van der Waals surface area contributed by atoms with Gasteiger partial charge in [0.15, 0.2) is 0 Å². The van der Waals surface area contributed by atoms with Crippen LogP contribution in [0, 0.1) is 6.92 Å². The second kappa shape index (κ2) is 5.26. The number of anilines is 1. The third-order valence-corrected chi connectivity index (χ3v) is 4.46. The van der Waals surface area contributed by atoms with Gasteiger partial charge in [0.25, 0.3) is 0 Å². The minimum absolute atomic E-state index is 0.112. The molecule has 106 valence electrons. The predicted octanol–water partition coefficient (Wildman–Crippen LogP) is 2.45. The molecule has 0 aromatic heterocycles. The molecule has 0 amide bonds. The summed E-state index contributed by atoms with van der Waals surface area (Å²) in [5.74, 6) is 0. The highest BCUT2D eigenvalue weighted by molar-refractivity contribution is 7.89. The molecule has 0 fully saturated rings. The van der Waals surface area contributed by atoms with E-state index in [1.807, 2.05) is 24.3 Å². The molecule has 0 atom stereocenters. The Hall–Kier alpha value is -1.85. The van der Waals surface area contributed by atoms with Crippen molar-refractivity contribution in [1.29, 1.82) is 0 Å². The summed E-state index contributed by atoms with van der Waals surface area (Å²) in [5, 5.41) is 5.23. The first-order chi connectivity index (χ1) is 9.34. The van der Waals surface area contributed by atoms with Crippen LogP contribution in [0.25, 0.3) is 11.1 Å². The van der Waals surface area contributed by atoms with E-state index in [0.717, 1.165) is 17.5 Å². The first-order valence-electron chi connectivity index (χ1n) is 6.35. The number of aryl methyl sites for hydroxylation is 1. The van der Waals surface area contributed by atoms with Crippen LogP contribution in [0.5, 0.6) is 0 Å². The van der Waals surface area contributed by atoms with Gasteiger partial charge in [-0.15, -0.1) is 0 Å². The Morgan fingerprint density at radius 3 is 2.15 bits per heavy atom. The van der Waals surface area contributed by atoms with Crippen LogP contribution in [0.4, 0.5) is 5.69 Å². The van der Waals surface area contributed by atoms with Gasteiger partial charge in [0.1, 0.15) is 0 Å². The monoisotopic (exact) mass is 290 g/mol. The van der Waals surface area contributed by atoms with E-state index in [9.17, 15) is 8.42 Å². The van der Waals surface area contributed by atoms with Gasteiger partial charge < -0.3 is 5.73 Å². The molecule has 0 heterocycles. The maximum atomic E-state index is 11.6. The van der Waals surface area contributed by atoms with Crippen molar-refractivity contribution in [3.05, 3.63) is 47.5 Å². The van der Waals surface area contributed by atoms with Crippen LogP contribution in [0.15, 0.2) is 41.3 Å². The Labute approximate surface area is 119 Å². The molecular weight excluding hydrogens is 272 g/mol. The lowest BCUT2D eigenvalue weighted by molar-refractivity contribution is 0.597. The van der Waals surface area contributed by atoms with Gasteiger partial charge in [0.2, 0.25) is 10.0 Å². The number of sulfonamides is 1. The molecule has 4 N–H and O–H groups in total. The van der Waals surface area contributed by atoms with Crippen molar-refractivity contribution in [2.45, 2.75) is 25.2 Å². The molecule has 4 nitrogen and oxygen atoms in total. The molecule has 0 unspecified atom stereocenters. The van der Waals surface area contributed by atoms with Crippen molar-refractivity contribution >= 4 is 15.7 Å². The normalized spacial score (nSPS) is 11.6. The molecule has 0 aliphatic rings. The standard InChI is InChI=1S/C15H18N2O2S/c1-3-11-4-6-12(7-5-11)15-10(2)14(20(17,18)19)9-8-13(15)16/h4-9H,3,16H2,1-2H3,(H2,17,18,19). The third kappa shape index (κ3) is 2.69. The molecule has 0 aliphatic carbocycles. The first-order valence-corrected chi connectivity index (χ1v) is 7.90. The van der Waals surface area contributed by atoms with E-state index in [1.165, 1.54) is 11.6 Å². The van der Waals surface area contributed by atoms with Gasteiger partial charge in [-0.1, -0.05) is 31.2 Å². The lowest BCUT2D eigenvalue weighted by Crippen LogP contribution is -2.14. The second-order valence-electron chi connectivity index (χ2n) is 4.75. The van der Waals surface area contributed by atoms with Crippen LogP contribution in [0.3, 0.4) is 0 Å². The molecule has 0 aliphatic heterocycles. The highest BCUT2D eigenvalue weighted by Crippen LogP contribution is 2.33. The predicted molar refractivity (Wildman–Crippen MR) is 81.8 cm³/mol. The van der Waals surface area contributed by atoms with Gasteiger partial charge >= 0.3 is 0 Å². The van der Waals surface area contributed by atoms with Gasteiger partial charge in [-0.3, -0.25) is 0 Å². The Morgan fingerprint density at radius 1 is 1.05 bits per heavy atom. The van der Waals surface area contributed by atoms with Gasteiger partial charge in [-0.2, -0.15) is 0 Å². The van der Waals surface area contributed by atoms with E-state index in [4.69, 9.17) is 10.9 Å². The Morgan fingerprint density at radius 2 is 1.65 bits per heavy atom. The molecular formula is C15H18N2O2S. The number of primary sulfonamides is 1. The number of hydrogen-bond acceptors (Lipinski definition) is 3. The molecule has 0 bridgehead atoms. The molecule has 0 radical (unpaired) electrons. The van der Waals surface area contributed by atoms with Gasteiger partial charge in [-0.05, 0) is 42.2 Å². The van der Waals surface area contributed by atoms with Crippen molar-refractivity contribution in [3.8, 4) is 11.1 Å². The van der Waals surface area contributed by atoms with Gasteiger partial charge in [0.05, 0.1) is 4.90 Å². The summed E-state index contributed by atoms with van der Waals surface area (Å²) in [7, 11) is -3.75. The highest BCUT2D eigenvalue weighted by atomic mass is 32.2. The average molecular weight is 290 g/mol. The summed E-state index contributed by atoms with van der Waals surface area (Å²) in [5.41, 5.74) is 9.95. The zero-order valence-corrected chi connectivity index (χ0v) is 12.4. The fourth-order valence-electron chi connectivity index (χ4n) is 2.31. The second-order valence-corrected chi connectivity index (χ2v) is 6.28. The van der Waals surface area contributed by atoms with E-state index in [-0.39, 0.29) is 4.90 Å². The number of benzene rings is 2. The summed E-state index contributed by atoms with van der Waals surface area (Å²) >= 11 is 0. The van der Waals surface area contributed by atoms with E-state index in [2.05, 4.69) is 6.92 Å². The van der Waals surface area contributed by atoms with Crippen molar-refractivity contribution in [2.75, 3.05) is 5.73 Å². The van der Waals surface area contributed by atoms with E-state index < -0.39 is 10.0 Å². The van der Waals surface area contributed by atoms with E-state index >= 15 is 0 Å². The summed E-state index contributed by atoms with van der Waals surface area (Å²) in [4.78, 5) is 0.112. The highest BCUT2D eigenvalue weighted by Gasteiger charge is 2.17. The van der Waals surface area contributed by atoms with Crippen LogP contribution < -0.4 is 10.9 Å².